The van der Waals surface area contributed by atoms with Gasteiger partial charge in [-0.1, -0.05) is 32.4 Å². The predicted octanol–water partition coefficient (Wildman–Crippen LogP) is 5.18. The van der Waals surface area contributed by atoms with Crippen LogP contribution in [0.1, 0.15) is 64.6 Å². The molecule has 2 aliphatic heterocycles. The molecular formula is C26H39ClN6O2SSi. The topological polar surface area (TPSA) is 84.3 Å². The van der Waals surface area contributed by atoms with Crippen molar-refractivity contribution in [2.24, 2.45) is 0 Å². The van der Waals surface area contributed by atoms with Crippen molar-refractivity contribution in [3.63, 3.8) is 0 Å². The first kappa shape index (κ1) is 27.0. The fourth-order valence-electron chi connectivity index (χ4n) is 5.19. The van der Waals surface area contributed by atoms with Gasteiger partial charge in [0.15, 0.2) is 14.1 Å². The summed E-state index contributed by atoms with van der Waals surface area (Å²) in [6.07, 6.45) is 10.4. The Bertz CT molecular complexity index is 1150. The molecule has 2 aromatic rings. The Balaban J connectivity index is 1.35. The molecule has 0 aromatic carbocycles. The van der Waals surface area contributed by atoms with Gasteiger partial charge >= 0.3 is 0 Å². The normalized spacial score (nSPS) is 22.5. The van der Waals surface area contributed by atoms with E-state index in [0.29, 0.717) is 23.3 Å². The highest BCUT2D eigenvalue weighted by molar-refractivity contribution is 7.85. The van der Waals surface area contributed by atoms with Crippen molar-refractivity contribution in [1.82, 2.24) is 19.9 Å². The molecule has 1 aliphatic carbocycles. The number of rotatable bonds is 6. The van der Waals surface area contributed by atoms with Crippen molar-refractivity contribution in [3.8, 4) is 0 Å². The lowest BCUT2D eigenvalue weighted by molar-refractivity contribution is 0.120. The smallest absolute Gasteiger partial charge is 0.227 e. The Labute approximate surface area is 229 Å². The third kappa shape index (κ3) is 5.31. The number of halogens is 1. The van der Waals surface area contributed by atoms with Crippen molar-refractivity contribution in [1.29, 1.82) is 0 Å². The molecule has 5 rings (SSSR count). The zero-order valence-corrected chi connectivity index (χ0v) is 25.2. The van der Waals surface area contributed by atoms with Gasteiger partial charge in [-0.05, 0) is 50.2 Å². The van der Waals surface area contributed by atoms with Crippen LogP contribution in [0.4, 0.5) is 11.8 Å². The number of fused-ring (bicyclic) bond motifs is 1. The molecular weight excluding hydrogens is 524 g/mol. The third-order valence-electron chi connectivity index (χ3n) is 8.87. The summed E-state index contributed by atoms with van der Waals surface area (Å²) in [5.74, 6) is 3.34. The fourth-order valence-corrected chi connectivity index (χ4v) is 7.45. The van der Waals surface area contributed by atoms with Crippen LogP contribution in [0, 0.1) is 0 Å². The van der Waals surface area contributed by atoms with Crippen LogP contribution in [-0.4, -0.2) is 70.0 Å². The summed E-state index contributed by atoms with van der Waals surface area (Å²) in [7, 11) is -2.96. The van der Waals surface area contributed by atoms with E-state index in [2.05, 4.69) is 58.6 Å². The van der Waals surface area contributed by atoms with E-state index in [1.165, 1.54) is 6.42 Å². The second-order valence-corrected chi connectivity index (χ2v) is 19.0. The van der Waals surface area contributed by atoms with Gasteiger partial charge in [0, 0.05) is 43.7 Å². The van der Waals surface area contributed by atoms with Crippen LogP contribution < -0.4 is 9.80 Å². The van der Waals surface area contributed by atoms with Crippen LogP contribution in [0.15, 0.2) is 23.5 Å². The highest BCUT2D eigenvalue weighted by Gasteiger charge is 2.48. The van der Waals surface area contributed by atoms with Crippen molar-refractivity contribution in [2.45, 2.75) is 87.4 Å². The molecule has 0 radical (unpaired) electrons. The highest BCUT2D eigenvalue weighted by atomic mass is 35.5. The first-order valence-electron chi connectivity index (χ1n) is 13.4. The van der Waals surface area contributed by atoms with E-state index in [-0.39, 0.29) is 10.6 Å². The quantitative estimate of drug-likeness (QED) is 0.445. The third-order valence-corrected chi connectivity index (χ3v) is 14.9. The van der Waals surface area contributed by atoms with Gasteiger partial charge in [0.25, 0.3) is 0 Å². The molecule has 4 heterocycles. The van der Waals surface area contributed by atoms with Gasteiger partial charge in [-0.3, -0.25) is 4.21 Å². The Morgan fingerprint density at radius 2 is 1.78 bits per heavy atom. The summed E-state index contributed by atoms with van der Waals surface area (Å²) in [5.41, 5.74) is -0.0700. The molecule has 0 N–H and O–H groups in total. The van der Waals surface area contributed by atoms with Gasteiger partial charge < -0.3 is 14.2 Å². The van der Waals surface area contributed by atoms with Crippen molar-refractivity contribution in [3.05, 3.63) is 29.4 Å². The van der Waals surface area contributed by atoms with E-state index in [4.69, 9.17) is 21.0 Å². The number of hydrogen-bond acceptors (Lipinski definition) is 8. The Morgan fingerprint density at radius 3 is 2.38 bits per heavy atom. The lowest BCUT2D eigenvalue weighted by Crippen LogP contribution is -2.61. The van der Waals surface area contributed by atoms with Gasteiger partial charge in [0.2, 0.25) is 5.95 Å². The van der Waals surface area contributed by atoms with E-state index in [9.17, 15) is 4.21 Å². The molecule has 0 bridgehead atoms. The zero-order chi connectivity index (χ0) is 26.4. The first-order valence-corrected chi connectivity index (χ1v) is 18.0. The van der Waals surface area contributed by atoms with E-state index >= 15 is 0 Å². The summed E-state index contributed by atoms with van der Waals surface area (Å²) in [6, 6.07) is 0. The first-order chi connectivity index (χ1) is 17.5. The van der Waals surface area contributed by atoms with Crippen molar-refractivity contribution >= 4 is 42.5 Å². The van der Waals surface area contributed by atoms with E-state index in [1.54, 1.807) is 18.6 Å². The molecule has 0 spiro atoms. The van der Waals surface area contributed by atoms with Crippen LogP contribution in [0.25, 0.3) is 0 Å². The van der Waals surface area contributed by atoms with E-state index in [1.807, 2.05) is 0 Å². The molecule has 1 atom stereocenters. The molecule has 202 valence electrons. The molecule has 2 aromatic heterocycles. The predicted molar refractivity (Wildman–Crippen MR) is 152 cm³/mol. The Kier molecular flexibility index (Phi) is 7.41. The summed E-state index contributed by atoms with van der Waals surface area (Å²) in [5, 5.41) is 0.724. The van der Waals surface area contributed by atoms with Gasteiger partial charge in [0.1, 0.15) is 5.82 Å². The molecule has 37 heavy (non-hydrogen) atoms. The largest absolute Gasteiger partial charge is 0.414 e. The van der Waals surface area contributed by atoms with Gasteiger partial charge in [-0.2, -0.15) is 4.98 Å². The second kappa shape index (κ2) is 10.2. The van der Waals surface area contributed by atoms with Gasteiger partial charge in [0.05, 0.1) is 39.1 Å². The van der Waals surface area contributed by atoms with Crippen molar-refractivity contribution in [2.75, 3.05) is 41.8 Å². The molecule has 2 fully saturated rings. The number of hydrogen-bond donors (Lipinski definition) is 0. The summed E-state index contributed by atoms with van der Waals surface area (Å²) >= 11 is 5.96. The standard InChI is InChI=1S/C26H39ClN6O2SSi/c1-25(2,3)37(4,5)35-18-26(9-6-10-26)33-13-14-36(34)21-17-30-24(31-23(21)33)32-11-7-19(8-12-32)22-28-15-20(27)16-29-22/h15-17,19H,6-14,18H2,1-5H3. The second-order valence-electron chi connectivity index (χ2n) is 12.2. The Morgan fingerprint density at radius 1 is 1.11 bits per heavy atom. The molecule has 1 unspecified atom stereocenters. The molecule has 0 amide bonds. The molecule has 1 saturated carbocycles. The summed E-state index contributed by atoms with van der Waals surface area (Å²) in [6.45, 7) is 14.6. The zero-order valence-electron chi connectivity index (χ0n) is 22.7. The minimum absolute atomic E-state index is 0.0700. The molecule has 11 heteroatoms. The van der Waals surface area contributed by atoms with Crippen LogP contribution in [0.2, 0.25) is 23.2 Å². The number of nitrogens with zero attached hydrogens (tertiary/aromatic N) is 6. The van der Waals surface area contributed by atoms with Crippen LogP contribution in [0.5, 0.6) is 0 Å². The number of piperidine rings is 1. The highest BCUT2D eigenvalue weighted by Crippen LogP contribution is 2.45. The molecule has 1 saturated heterocycles. The van der Waals surface area contributed by atoms with Crippen LogP contribution in [0.3, 0.4) is 0 Å². The SMILES string of the molecule is CC(C)(C)[Si](C)(C)OCC1(N2CCS(=O)c3cnc(N4CCC(c5ncc(Cl)cn5)CC4)nc32)CCC1. The lowest BCUT2D eigenvalue weighted by Gasteiger charge is -2.53. The van der Waals surface area contributed by atoms with E-state index in [0.717, 1.165) is 67.8 Å². The maximum absolute atomic E-state index is 13.0. The minimum Gasteiger partial charge on any atom is -0.414 e. The summed E-state index contributed by atoms with van der Waals surface area (Å²) < 4.78 is 19.7. The average molecular weight is 563 g/mol. The molecule has 3 aliphatic rings. The number of anilines is 2. The Hall–Kier alpha value is -1.62. The van der Waals surface area contributed by atoms with Gasteiger partial charge in [-0.25, -0.2) is 15.0 Å². The van der Waals surface area contributed by atoms with Gasteiger partial charge in [-0.15, -0.1) is 0 Å². The van der Waals surface area contributed by atoms with Crippen LogP contribution >= 0.6 is 11.6 Å². The van der Waals surface area contributed by atoms with Crippen molar-refractivity contribution < 1.29 is 8.63 Å². The maximum Gasteiger partial charge on any atom is 0.227 e. The fraction of sp³-hybridized carbons (Fsp3) is 0.692. The van der Waals surface area contributed by atoms with Crippen LogP contribution in [-0.2, 0) is 15.2 Å². The van der Waals surface area contributed by atoms with E-state index < -0.39 is 19.1 Å². The average Bonchev–Trinajstić information content (AvgIpc) is 2.84. The summed E-state index contributed by atoms with van der Waals surface area (Å²) in [4.78, 5) is 24.0. The number of aromatic nitrogens is 4. The monoisotopic (exact) mass is 562 g/mol. The maximum atomic E-state index is 13.0. The lowest BCUT2D eigenvalue weighted by atomic mass is 9.76. The molecule has 8 nitrogen and oxygen atoms in total. The minimum atomic E-state index is -1.89.